The monoisotopic (exact) mass is 366 g/mol. The summed E-state index contributed by atoms with van der Waals surface area (Å²) in [5.41, 5.74) is 2.93. The summed E-state index contributed by atoms with van der Waals surface area (Å²) in [4.78, 5) is 30.6. The lowest BCUT2D eigenvalue weighted by atomic mass is 9.65. The van der Waals surface area contributed by atoms with E-state index in [-0.39, 0.29) is 28.3 Å². The first-order valence-electron chi connectivity index (χ1n) is 9.95. The Balaban J connectivity index is 1.57. The summed E-state index contributed by atoms with van der Waals surface area (Å²) in [6.45, 7) is 0.471. The maximum Gasteiger partial charge on any atom is 0.263 e. The maximum atomic E-state index is 14.6. The van der Waals surface area contributed by atoms with Crippen LogP contribution in [0, 0.1) is 5.82 Å². The molecule has 3 aliphatic rings. The highest BCUT2D eigenvalue weighted by Crippen LogP contribution is 2.53. The van der Waals surface area contributed by atoms with Gasteiger partial charge in [-0.25, -0.2) is 4.39 Å². The molecule has 1 aliphatic heterocycles. The molecule has 0 saturated heterocycles. The SMILES string of the molecule is O=C(c1cc2c([nH]c1=O)CCCCC2)N1CC2(CCC2)c2c(F)cccc21. The van der Waals surface area contributed by atoms with Crippen LogP contribution >= 0.6 is 0 Å². The number of aromatic nitrogens is 1. The van der Waals surface area contributed by atoms with Crippen LogP contribution in [-0.2, 0) is 18.3 Å². The molecule has 1 spiro atoms. The zero-order valence-electron chi connectivity index (χ0n) is 15.3. The summed E-state index contributed by atoms with van der Waals surface area (Å²) in [5.74, 6) is -0.544. The molecule has 1 aromatic heterocycles. The first-order valence-corrected chi connectivity index (χ1v) is 9.95. The van der Waals surface area contributed by atoms with Crippen molar-refractivity contribution in [1.29, 1.82) is 0 Å². The van der Waals surface area contributed by atoms with Crippen molar-refractivity contribution in [1.82, 2.24) is 4.98 Å². The van der Waals surface area contributed by atoms with Crippen molar-refractivity contribution in [2.45, 2.75) is 56.8 Å². The largest absolute Gasteiger partial charge is 0.325 e. The van der Waals surface area contributed by atoms with Gasteiger partial charge in [0.15, 0.2) is 0 Å². The third-order valence-corrected chi connectivity index (χ3v) is 6.65. The van der Waals surface area contributed by atoms with Gasteiger partial charge in [-0.3, -0.25) is 9.59 Å². The van der Waals surface area contributed by atoms with Crippen LogP contribution in [0.5, 0.6) is 0 Å². The number of fused-ring (bicyclic) bond motifs is 3. The van der Waals surface area contributed by atoms with Crippen molar-refractivity contribution in [2.75, 3.05) is 11.4 Å². The number of aromatic amines is 1. The smallest absolute Gasteiger partial charge is 0.263 e. The van der Waals surface area contributed by atoms with E-state index in [2.05, 4.69) is 4.98 Å². The molecule has 0 atom stereocenters. The molecule has 5 rings (SSSR count). The zero-order valence-corrected chi connectivity index (χ0v) is 15.3. The maximum absolute atomic E-state index is 14.6. The minimum Gasteiger partial charge on any atom is -0.325 e. The number of carbonyl (C=O) groups is 1. The molecule has 1 saturated carbocycles. The minimum atomic E-state index is -0.326. The van der Waals surface area contributed by atoms with Crippen LogP contribution in [0.2, 0.25) is 0 Å². The Bertz CT molecular complexity index is 990. The van der Waals surface area contributed by atoms with Gasteiger partial charge < -0.3 is 9.88 Å². The molecule has 4 nitrogen and oxygen atoms in total. The van der Waals surface area contributed by atoms with Crippen molar-refractivity contribution in [3.05, 3.63) is 62.8 Å². The van der Waals surface area contributed by atoms with E-state index >= 15 is 0 Å². The van der Waals surface area contributed by atoms with Crippen molar-refractivity contribution in [3.8, 4) is 0 Å². The number of H-pyrrole nitrogens is 1. The van der Waals surface area contributed by atoms with Crippen molar-refractivity contribution >= 4 is 11.6 Å². The number of rotatable bonds is 1. The van der Waals surface area contributed by atoms with Gasteiger partial charge in [0, 0.05) is 23.2 Å². The minimum absolute atomic E-state index is 0.183. The Labute approximate surface area is 157 Å². The molecule has 0 unspecified atom stereocenters. The number of nitrogens with one attached hydrogen (secondary N) is 1. The predicted octanol–water partition coefficient (Wildman–Crippen LogP) is 3.87. The lowest BCUT2D eigenvalue weighted by molar-refractivity contribution is 0.0977. The Morgan fingerprint density at radius 3 is 2.70 bits per heavy atom. The molecule has 2 aliphatic carbocycles. The lowest BCUT2D eigenvalue weighted by Gasteiger charge is -2.39. The molecule has 1 aromatic carbocycles. The van der Waals surface area contributed by atoms with Crippen molar-refractivity contribution < 1.29 is 9.18 Å². The lowest BCUT2D eigenvalue weighted by Crippen LogP contribution is -2.42. The van der Waals surface area contributed by atoms with Gasteiger partial charge in [-0.05, 0) is 62.3 Å². The van der Waals surface area contributed by atoms with E-state index in [4.69, 9.17) is 0 Å². The van der Waals surface area contributed by atoms with Crippen molar-refractivity contribution in [3.63, 3.8) is 0 Å². The first kappa shape index (κ1) is 16.7. The summed E-state index contributed by atoms with van der Waals surface area (Å²) in [7, 11) is 0. The van der Waals surface area contributed by atoms with Crippen molar-refractivity contribution in [2.24, 2.45) is 0 Å². The Morgan fingerprint density at radius 2 is 1.93 bits per heavy atom. The first-order chi connectivity index (χ1) is 13.1. The number of amides is 1. The number of aryl methyl sites for hydroxylation is 2. The van der Waals surface area contributed by atoms with Crippen LogP contribution < -0.4 is 10.5 Å². The Hall–Kier alpha value is -2.43. The highest BCUT2D eigenvalue weighted by Gasteiger charge is 2.50. The number of nitrogens with zero attached hydrogens (tertiary/aromatic N) is 1. The van der Waals surface area contributed by atoms with E-state index in [1.165, 1.54) is 6.07 Å². The summed E-state index contributed by atoms with van der Waals surface area (Å²) in [5, 5.41) is 0. The predicted molar refractivity (Wildman–Crippen MR) is 102 cm³/mol. The zero-order chi connectivity index (χ0) is 18.6. The average molecular weight is 366 g/mol. The molecule has 1 fully saturated rings. The highest BCUT2D eigenvalue weighted by molar-refractivity contribution is 6.07. The van der Waals surface area contributed by atoms with Gasteiger partial charge in [-0.2, -0.15) is 0 Å². The van der Waals surface area contributed by atoms with Crippen LogP contribution in [0.25, 0.3) is 0 Å². The number of hydrogen-bond donors (Lipinski definition) is 1. The number of halogens is 1. The summed E-state index contributed by atoms with van der Waals surface area (Å²) < 4.78 is 14.6. The number of pyridine rings is 1. The normalized spacial score (nSPS) is 20.0. The summed E-state index contributed by atoms with van der Waals surface area (Å²) in [6, 6.07) is 6.71. The third kappa shape index (κ3) is 2.47. The second kappa shape index (κ2) is 6.04. The van der Waals surface area contributed by atoms with E-state index in [1.54, 1.807) is 23.1 Å². The molecule has 5 heteroatoms. The standard InChI is InChI=1S/C22H23FN2O2/c23-16-7-4-9-18-19(16)22(10-5-11-22)13-25(18)21(27)15-12-14-6-2-1-3-8-17(14)24-20(15)26/h4,7,9,12H,1-3,5-6,8,10-11,13H2,(H,24,26). The van der Waals surface area contributed by atoms with Gasteiger partial charge in [0.1, 0.15) is 11.4 Å². The molecule has 0 bridgehead atoms. The fourth-order valence-corrected chi connectivity index (χ4v) is 5.08. The third-order valence-electron chi connectivity index (χ3n) is 6.65. The van der Waals surface area contributed by atoms with E-state index in [0.717, 1.165) is 62.6 Å². The van der Waals surface area contributed by atoms with E-state index in [0.29, 0.717) is 17.8 Å². The van der Waals surface area contributed by atoms with Crippen LogP contribution in [-0.4, -0.2) is 17.4 Å². The fraction of sp³-hybridized carbons (Fsp3) is 0.455. The molecular formula is C22H23FN2O2. The van der Waals surface area contributed by atoms with E-state index in [9.17, 15) is 14.0 Å². The molecule has 1 amide bonds. The molecule has 2 aromatic rings. The van der Waals surface area contributed by atoms with Crippen LogP contribution in [0.4, 0.5) is 10.1 Å². The Kier molecular flexibility index (Phi) is 3.74. The summed E-state index contributed by atoms with van der Waals surface area (Å²) >= 11 is 0. The number of carbonyl (C=O) groups excluding carboxylic acids is 1. The molecule has 1 N–H and O–H groups in total. The van der Waals surface area contributed by atoms with Gasteiger partial charge in [-0.15, -0.1) is 0 Å². The quantitative estimate of drug-likeness (QED) is 0.779. The number of benzene rings is 1. The molecule has 140 valence electrons. The van der Waals surface area contributed by atoms with Crippen LogP contribution in [0.3, 0.4) is 0 Å². The van der Waals surface area contributed by atoms with Gasteiger partial charge in [0.2, 0.25) is 0 Å². The van der Waals surface area contributed by atoms with Crippen LogP contribution in [0.15, 0.2) is 29.1 Å². The number of hydrogen-bond acceptors (Lipinski definition) is 2. The van der Waals surface area contributed by atoms with Gasteiger partial charge in [-0.1, -0.05) is 18.9 Å². The van der Waals surface area contributed by atoms with Gasteiger partial charge in [0.25, 0.3) is 11.5 Å². The molecule has 27 heavy (non-hydrogen) atoms. The Morgan fingerprint density at radius 1 is 1.11 bits per heavy atom. The number of anilines is 1. The average Bonchev–Trinajstić information content (AvgIpc) is 2.84. The highest BCUT2D eigenvalue weighted by atomic mass is 19.1. The topological polar surface area (TPSA) is 53.2 Å². The molecule has 0 radical (unpaired) electrons. The summed E-state index contributed by atoms with van der Waals surface area (Å²) in [6.07, 6.45) is 7.87. The fourth-order valence-electron chi connectivity index (χ4n) is 5.08. The van der Waals surface area contributed by atoms with Crippen LogP contribution in [0.1, 0.15) is 65.7 Å². The second-order valence-electron chi connectivity index (χ2n) is 8.24. The van der Waals surface area contributed by atoms with Gasteiger partial charge in [0.05, 0.1) is 5.69 Å². The molecule has 2 heterocycles. The van der Waals surface area contributed by atoms with E-state index in [1.807, 2.05) is 0 Å². The second-order valence-corrected chi connectivity index (χ2v) is 8.24. The van der Waals surface area contributed by atoms with E-state index < -0.39 is 0 Å². The van der Waals surface area contributed by atoms with Gasteiger partial charge >= 0.3 is 0 Å². The molecular weight excluding hydrogens is 343 g/mol.